The van der Waals surface area contributed by atoms with Crippen LogP contribution in [0.3, 0.4) is 0 Å². The third kappa shape index (κ3) is 4.03. The zero-order valence-corrected chi connectivity index (χ0v) is 16.4. The Balaban J connectivity index is 1.42. The van der Waals surface area contributed by atoms with Crippen molar-refractivity contribution in [1.82, 2.24) is 15.2 Å². The van der Waals surface area contributed by atoms with Gasteiger partial charge in [0.25, 0.3) is 5.22 Å². The van der Waals surface area contributed by atoms with E-state index in [4.69, 9.17) is 4.42 Å². The molecule has 2 heterocycles. The number of nitrogens with zero attached hydrogens (tertiary/aromatic N) is 3. The minimum atomic E-state index is -0.251. The number of aromatic nitrogens is 3. The van der Waals surface area contributed by atoms with Crippen LogP contribution < -0.4 is 0 Å². The molecule has 0 bridgehead atoms. The zero-order valence-electron chi connectivity index (χ0n) is 13.2. The highest BCUT2D eigenvalue weighted by molar-refractivity contribution is 9.10. The standard InChI is InChI=1S/C18H11BrFN3OS2/c19-13-5-1-11(2-6-13)16-22-23-18(24-16)26-10-15-9-25-17(21-15)12-3-7-14(20)8-4-12/h1-9H,10H2. The SMILES string of the molecule is Fc1ccc(-c2nc(CSc3nnc(-c4ccc(Br)cc4)o3)cs2)cc1. The van der Waals surface area contributed by atoms with Crippen molar-refractivity contribution in [1.29, 1.82) is 0 Å². The third-order valence-electron chi connectivity index (χ3n) is 3.48. The first kappa shape index (κ1) is 17.4. The van der Waals surface area contributed by atoms with Gasteiger partial charge in [0, 0.05) is 26.7 Å². The largest absolute Gasteiger partial charge is 0.411 e. The fraction of sp³-hybridized carbons (Fsp3) is 0.0556. The van der Waals surface area contributed by atoms with E-state index in [-0.39, 0.29) is 5.82 Å². The van der Waals surface area contributed by atoms with E-state index in [0.717, 1.165) is 26.3 Å². The van der Waals surface area contributed by atoms with Gasteiger partial charge in [-0.15, -0.1) is 21.5 Å². The molecule has 0 saturated heterocycles. The molecule has 0 atom stereocenters. The Bertz CT molecular complexity index is 932. The van der Waals surface area contributed by atoms with Gasteiger partial charge in [0.15, 0.2) is 0 Å². The molecule has 0 saturated carbocycles. The van der Waals surface area contributed by atoms with Crippen molar-refractivity contribution >= 4 is 39.0 Å². The van der Waals surface area contributed by atoms with Crippen LogP contribution in [0.4, 0.5) is 4.39 Å². The second kappa shape index (κ2) is 7.69. The predicted octanol–water partition coefficient (Wildman–Crippen LogP) is 6.05. The summed E-state index contributed by atoms with van der Waals surface area (Å²) in [5.74, 6) is 0.865. The van der Waals surface area contributed by atoms with Gasteiger partial charge in [0.2, 0.25) is 5.89 Å². The van der Waals surface area contributed by atoms with Crippen LogP contribution in [0.1, 0.15) is 5.69 Å². The summed E-state index contributed by atoms with van der Waals surface area (Å²) in [6, 6.07) is 14.0. The summed E-state index contributed by atoms with van der Waals surface area (Å²) in [5, 5.41) is 11.5. The van der Waals surface area contributed by atoms with Gasteiger partial charge in [-0.1, -0.05) is 27.7 Å². The monoisotopic (exact) mass is 447 g/mol. The molecule has 4 nitrogen and oxygen atoms in total. The molecule has 2 aromatic carbocycles. The molecule has 0 unspecified atom stereocenters. The van der Waals surface area contributed by atoms with Crippen LogP contribution in [0.15, 0.2) is 68.0 Å². The van der Waals surface area contributed by atoms with Crippen molar-refractivity contribution in [2.24, 2.45) is 0 Å². The molecule has 8 heteroatoms. The zero-order chi connectivity index (χ0) is 17.9. The smallest absolute Gasteiger partial charge is 0.277 e. The first-order valence-corrected chi connectivity index (χ1v) is 10.3. The lowest BCUT2D eigenvalue weighted by molar-refractivity contribution is 0.466. The minimum absolute atomic E-state index is 0.251. The first-order valence-electron chi connectivity index (χ1n) is 7.60. The third-order valence-corrected chi connectivity index (χ3v) is 5.80. The number of thiazole rings is 1. The average Bonchev–Trinajstić information content (AvgIpc) is 3.31. The van der Waals surface area contributed by atoms with Crippen molar-refractivity contribution in [3.05, 3.63) is 69.9 Å². The number of halogens is 2. The number of rotatable bonds is 5. The molecule has 0 aliphatic heterocycles. The van der Waals surface area contributed by atoms with Crippen molar-refractivity contribution in [3.63, 3.8) is 0 Å². The lowest BCUT2D eigenvalue weighted by atomic mass is 10.2. The quantitative estimate of drug-likeness (QED) is 0.348. The van der Waals surface area contributed by atoms with E-state index in [1.54, 1.807) is 12.1 Å². The molecule has 0 radical (unpaired) electrons. The topological polar surface area (TPSA) is 51.8 Å². The highest BCUT2D eigenvalue weighted by Gasteiger charge is 2.11. The molecule has 4 aromatic rings. The average molecular weight is 448 g/mol. The summed E-state index contributed by atoms with van der Waals surface area (Å²) in [4.78, 5) is 4.58. The number of hydrogen-bond acceptors (Lipinski definition) is 6. The van der Waals surface area contributed by atoms with E-state index in [2.05, 4.69) is 31.1 Å². The molecule has 2 aromatic heterocycles. The Kier molecular flexibility index (Phi) is 5.14. The normalized spacial score (nSPS) is 11.0. The molecule has 0 aliphatic rings. The second-order valence-electron chi connectivity index (χ2n) is 5.32. The van der Waals surface area contributed by atoms with Crippen LogP contribution in [-0.4, -0.2) is 15.2 Å². The van der Waals surface area contributed by atoms with E-state index < -0.39 is 0 Å². The minimum Gasteiger partial charge on any atom is -0.411 e. The summed E-state index contributed by atoms with van der Waals surface area (Å²) in [6.07, 6.45) is 0. The Morgan fingerprint density at radius 3 is 2.50 bits per heavy atom. The van der Waals surface area contributed by atoms with Crippen LogP contribution in [0.25, 0.3) is 22.0 Å². The Morgan fingerprint density at radius 2 is 1.73 bits per heavy atom. The number of thioether (sulfide) groups is 1. The van der Waals surface area contributed by atoms with Crippen molar-refractivity contribution in [2.75, 3.05) is 0 Å². The van der Waals surface area contributed by atoms with Gasteiger partial charge in [-0.05, 0) is 48.5 Å². The van der Waals surface area contributed by atoms with Crippen molar-refractivity contribution < 1.29 is 8.81 Å². The fourth-order valence-corrected chi connectivity index (χ4v) is 4.06. The van der Waals surface area contributed by atoms with Gasteiger partial charge in [-0.25, -0.2) is 9.37 Å². The number of hydrogen-bond donors (Lipinski definition) is 0. The van der Waals surface area contributed by atoms with Gasteiger partial charge in [-0.3, -0.25) is 0 Å². The summed E-state index contributed by atoms with van der Waals surface area (Å²) in [6.45, 7) is 0. The van der Waals surface area contributed by atoms with Crippen LogP contribution in [0.5, 0.6) is 0 Å². The highest BCUT2D eigenvalue weighted by atomic mass is 79.9. The van der Waals surface area contributed by atoms with Crippen LogP contribution >= 0.6 is 39.0 Å². The van der Waals surface area contributed by atoms with E-state index in [1.807, 2.05) is 29.6 Å². The van der Waals surface area contributed by atoms with Gasteiger partial charge >= 0.3 is 0 Å². The molecule has 0 spiro atoms. The van der Waals surface area contributed by atoms with E-state index in [1.165, 1.54) is 35.2 Å². The Labute approximate surface area is 165 Å². The van der Waals surface area contributed by atoms with Gasteiger partial charge < -0.3 is 4.42 Å². The van der Waals surface area contributed by atoms with Crippen LogP contribution in [0.2, 0.25) is 0 Å². The van der Waals surface area contributed by atoms with Gasteiger partial charge in [0.1, 0.15) is 10.8 Å². The Hall–Kier alpha value is -2.03. The molecule has 0 N–H and O–H groups in total. The maximum Gasteiger partial charge on any atom is 0.277 e. The summed E-state index contributed by atoms with van der Waals surface area (Å²) >= 11 is 6.37. The molecular weight excluding hydrogens is 437 g/mol. The highest BCUT2D eigenvalue weighted by Crippen LogP contribution is 2.29. The second-order valence-corrected chi connectivity index (χ2v) is 8.02. The van der Waals surface area contributed by atoms with Crippen molar-refractivity contribution in [3.8, 4) is 22.0 Å². The van der Waals surface area contributed by atoms with Crippen LogP contribution in [-0.2, 0) is 5.75 Å². The number of benzene rings is 2. The molecule has 130 valence electrons. The maximum atomic E-state index is 13.0. The Morgan fingerprint density at radius 1 is 1.00 bits per heavy atom. The summed E-state index contributed by atoms with van der Waals surface area (Å²) in [5.41, 5.74) is 2.70. The van der Waals surface area contributed by atoms with Gasteiger partial charge in [-0.2, -0.15) is 0 Å². The molecule has 0 fully saturated rings. The van der Waals surface area contributed by atoms with E-state index >= 15 is 0 Å². The van der Waals surface area contributed by atoms with E-state index in [0.29, 0.717) is 16.9 Å². The predicted molar refractivity (Wildman–Crippen MR) is 105 cm³/mol. The van der Waals surface area contributed by atoms with Crippen molar-refractivity contribution in [2.45, 2.75) is 11.0 Å². The first-order chi connectivity index (χ1) is 12.7. The molecule has 26 heavy (non-hydrogen) atoms. The summed E-state index contributed by atoms with van der Waals surface area (Å²) < 4.78 is 19.7. The maximum absolute atomic E-state index is 13.0. The lowest BCUT2D eigenvalue weighted by Crippen LogP contribution is -1.82. The fourth-order valence-electron chi connectivity index (χ4n) is 2.21. The molecule has 0 amide bonds. The lowest BCUT2D eigenvalue weighted by Gasteiger charge is -1.96. The summed E-state index contributed by atoms with van der Waals surface area (Å²) in [7, 11) is 0. The van der Waals surface area contributed by atoms with E-state index in [9.17, 15) is 4.39 Å². The molecular formula is C18H11BrFN3OS2. The molecule has 0 aliphatic carbocycles. The van der Waals surface area contributed by atoms with Crippen LogP contribution in [0, 0.1) is 5.82 Å². The van der Waals surface area contributed by atoms with Gasteiger partial charge in [0.05, 0.1) is 5.69 Å². The molecule has 4 rings (SSSR count).